The second-order valence-electron chi connectivity index (χ2n) is 6.08. The fourth-order valence-electron chi connectivity index (χ4n) is 2.79. The molecule has 1 heterocycles. The van der Waals surface area contributed by atoms with Crippen LogP contribution in [0.4, 0.5) is 0 Å². The van der Waals surface area contributed by atoms with E-state index in [9.17, 15) is 24.9 Å². The number of carbonyl (C=O) groups is 2. The smallest absolute Gasteiger partial charge is 0.336 e. The second-order valence-corrected chi connectivity index (χ2v) is 6.08. The predicted molar refractivity (Wildman–Crippen MR) is 76.0 cm³/mol. The van der Waals surface area contributed by atoms with Crippen molar-refractivity contribution in [1.29, 1.82) is 0 Å². The van der Waals surface area contributed by atoms with Crippen LogP contribution in [0.5, 0.6) is 0 Å². The summed E-state index contributed by atoms with van der Waals surface area (Å²) in [6, 6.07) is -0.843. The third-order valence-electron chi connectivity index (χ3n) is 4.07. The van der Waals surface area contributed by atoms with Gasteiger partial charge in [-0.15, -0.1) is 0 Å². The van der Waals surface area contributed by atoms with Crippen LogP contribution < -0.4 is 5.32 Å². The quantitative estimate of drug-likeness (QED) is 0.417. The molecule has 0 aliphatic carbocycles. The Labute approximate surface area is 129 Å². The van der Waals surface area contributed by atoms with E-state index in [1.165, 1.54) is 6.92 Å². The molecule has 0 radical (unpaired) electrons. The minimum absolute atomic E-state index is 0.0970. The number of nitrogens with one attached hydrogen (secondary N) is 1. The molecule has 8 nitrogen and oxygen atoms in total. The SMILES string of the molecule is CC(=O)N[C@H]1[C@H](C[C@H](O)CO)O[C@@](C(=O)O)(C(C)C)C[C@@H]1O. The Balaban J connectivity index is 3.10. The molecule has 0 bridgehead atoms. The molecule has 0 spiro atoms. The molecule has 1 amide bonds. The second kappa shape index (κ2) is 7.36. The zero-order valence-corrected chi connectivity index (χ0v) is 13.0. The van der Waals surface area contributed by atoms with E-state index in [1.807, 2.05) is 0 Å². The first-order valence-corrected chi connectivity index (χ1v) is 7.29. The van der Waals surface area contributed by atoms with Crippen LogP contribution in [0.25, 0.3) is 0 Å². The highest BCUT2D eigenvalue weighted by Crippen LogP contribution is 2.37. The number of aliphatic hydroxyl groups excluding tert-OH is 3. The van der Waals surface area contributed by atoms with E-state index in [0.29, 0.717) is 0 Å². The van der Waals surface area contributed by atoms with E-state index in [1.54, 1.807) is 13.8 Å². The van der Waals surface area contributed by atoms with E-state index in [4.69, 9.17) is 9.84 Å². The summed E-state index contributed by atoms with van der Waals surface area (Å²) in [5.41, 5.74) is -1.60. The van der Waals surface area contributed by atoms with Crippen molar-refractivity contribution < 1.29 is 34.8 Å². The van der Waals surface area contributed by atoms with E-state index in [0.717, 1.165) is 0 Å². The summed E-state index contributed by atoms with van der Waals surface area (Å²) in [4.78, 5) is 22.9. The highest BCUT2D eigenvalue weighted by atomic mass is 16.5. The number of carbonyl (C=O) groups excluding carboxylic acids is 1. The minimum Gasteiger partial charge on any atom is -0.479 e. The van der Waals surface area contributed by atoms with Crippen molar-refractivity contribution in [3.63, 3.8) is 0 Å². The summed E-state index contributed by atoms with van der Waals surface area (Å²) in [6.07, 6.45) is -3.46. The Bertz CT molecular complexity index is 414. The van der Waals surface area contributed by atoms with Gasteiger partial charge in [0.15, 0.2) is 5.60 Å². The number of aliphatic carboxylic acids is 1. The fourth-order valence-corrected chi connectivity index (χ4v) is 2.79. The molecule has 1 aliphatic rings. The predicted octanol–water partition coefficient (Wildman–Crippen LogP) is -1.14. The van der Waals surface area contributed by atoms with Crippen LogP contribution in [0.2, 0.25) is 0 Å². The van der Waals surface area contributed by atoms with E-state index in [-0.39, 0.29) is 12.8 Å². The van der Waals surface area contributed by atoms with Crippen LogP contribution in [0.1, 0.15) is 33.6 Å². The first-order valence-electron chi connectivity index (χ1n) is 7.29. The van der Waals surface area contributed by atoms with E-state index >= 15 is 0 Å². The molecule has 5 atom stereocenters. The van der Waals surface area contributed by atoms with Crippen LogP contribution in [0.3, 0.4) is 0 Å². The van der Waals surface area contributed by atoms with Crippen LogP contribution >= 0.6 is 0 Å². The number of carboxylic acids is 1. The van der Waals surface area contributed by atoms with E-state index in [2.05, 4.69) is 5.32 Å². The molecular weight excluding hydrogens is 294 g/mol. The maximum atomic E-state index is 11.7. The van der Waals surface area contributed by atoms with Crippen molar-refractivity contribution in [3.8, 4) is 0 Å². The number of hydrogen-bond donors (Lipinski definition) is 5. The van der Waals surface area contributed by atoms with Crippen molar-refractivity contribution in [3.05, 3.63) is 0 Å². The number of carboxylic acid groups (broad SMARTS) is 1. The lowest BCUT2D eigenvalue weighted by molar-refractivity contribution is -0.219. The van der Waals surface area contributed by atoms with E-state index < -0.39 is 54.4 Å². The lowest BCUT2D eigenvalue weighted by Crippen LogP contribution is -2.65. The largest absolute Gasteiger partial charge is 0.479 e. The van der Waals surface area contributed by atoms with Gasteiger partial charge in [0.1, 0.15) is 0 Å². The zero-order chi connectivity index (χ0) is 17.1. The molecule has 8 heteroatoms. The summed E-state index contributed by atoms with van der Waals surface area (Å²) < 4.78 is 5.71. The Morgan fingerprint density at radius 1 is 1.41 bits per heavy atom. The topological polar surface area (TPSA) is 136 Å². The van der Waals surface area contributed by atoms with Crippen LogP contribution in [0, 0.1) is 5.92 Å². The molecule has 0 unspecified atom stereocenters. The molecule has 0 saturated carbocycles. The van der Waals surface area contributed by atoms with Crippen molar-refractivity contribution >= 4 is 11.9 Å². The van der Waals surface area contributed by atoms with Gasteiger partial charge in [0.2, 0.25) is 5.91 Å². The van der Waals surface area contributed by atoms with Gasteiger partial charge in [0.25, 0.3) is 0 Å². The summed E-state index contributed by atoms with van der Waals surface area (Å²) >= 11 is 0. The molecule has 1 fully saturated rings. The molecule has 1 aliphatic heterocycles. The van der Waals surface area contributed by atoms with Gasteiger partial charge < -0.3 is 30.5 Å². The molecule has 0 aromatic carbocycles. The Morgan fingerprint density at radius 2 is 2.00 bits per heavy atom. The number of aliphatic hydroxyl groups is 3. The average Bonchev–Trinajstić information content (AvgIpc) is 2.41. The lowest BCUT2D eigenvalue weighted by atomic mass is 9.78. The molecule has 128 valence electrons. The molecule has 0 aromatic heterocycles. The van der Waals surface area contributed by atoms with Gasteiger partial charge in [0, 0.05) is 19.8 Å². The van der Waals surface area contributed by atoms with Gasteiger partial charge in [-0.25, -0.2) is 4.79 Å². The number of amides is 1. The van der Waals surface area contributed by atoms with Crippen molar-refractivity contribution in [2.24, 2.45) is 5.92 Å². The maximum absolute atomic E-state index is 11.7. The molecule has 1 rings (SSSR count). The standard InChI is InChI=1S/C14H25NO7/c1-7(2)14(13(20)21)5-10(19)12(15-8(3)17)11(22-14)4-9(18)6-16/h7,9-12,16,18-19H,4-6H2,1-3H3,(H,15,17)(H,20,21)/t9-,10-,11-,12+,14+/m0/s1. The fraction of sp³-hybridized carbons (Fsp3) is 0.857. The Hall–Kier alpha value is -1.22. The summed E-state index contributed by atoms with van der Waals surface area (Å²) in [5.74, 6) is -2.03. The maximum Gasteiger partial charge on any atom is 0.336 e. The normalized spacial score (nSPS) is 33.5. The molecule has 1 saturated heterocycles. The van der Waals surface area contributed by atoms with Crippen LogP contribution in [-0.4, -0.2) is 68.9 Å². The molecule has 22 heavy (non-hydrogen) atoms. The minimum atomic E-state index is -1.60. The van der Waals surface area contributed by atoms with Crippen molar-refractivity contribution in [1.82, 2.24) is 5.32 Å². The van der Waals surface area contributed by atoms with Crippen LogP contribution in [-0.2, 0) is 14.3 Å². The Kier molecular flexibility index (Phi) is 6.30. The van der Waals surface area contributed by atoms with Gasteiger partial charge in [-0.2, -0.15) is 0 Å². The summed E-state index contributed by atoms with van der Waals surface area (Å²) in [5, 5.41) is 41.0. The molecular formula is C14H25NO7. The lowest BCUT2D eigenvalue weighted by Gasteiger charge is -2.47. The summed E-state index contributed by atoms with van der Waals surface area (Å²) in [6.45, 7) is 4.08. The summed E-state index contributed by atoms with van der Waals surface area (Å²) in [7, 11) is 0. The number of rotatable bonds is 6. The van der Waals surface area contributed by atoms with Gasteiger partial charge in [0.05, 0.1) is 31.0 Å². The third kappa shape index (κ3) is 3.95. The molecule has 5 N–H and O–H groups in total. The average molecular weight is 319 g/mol. The number of hydrogen-bond acceptors (Lipinski definition) is 6. The first-order chi connectivity index (χ1) is 10.1. The monoisotopic (exact) mass is 319 g/mol. The highest BCUT2D eigenvalue weighted by molar-refractivity contribution is 5.78. The molecule has 0 aromatic rings. The Morgan fingerprint density at radius 3 is 2.41 bits per heavy atom. The van der Waals surface area contributed by atoms with Crippen molar-refractivity contribution in [2.75, 3.05) is 6.61 Å². The highest BCUT2D eigenvalue weighted by Gasteiger charge is 2.53. The van der Waals surface area contributed by atoms with Crippen molar-refractivity contribution in [2.45, 2.75) is 63.6 Å². The third-order valence-corrected chi connectivity index (χ3v) is 4.07. The zero-order valence-electron chi connectivity index (χ0n) is 13.0. The van der Waals surface area contributed by atoms with Gasteiger partial charge >= 0.3 is 5.97 Å². The van der Waals surface area contributed by atoms with Gasteiger partial charge in [-0.1, -0.05) is 13.8 Å². The number of ether oxygens (including phenoxy) is 1. The van der Waals surface area contributed by atoms with Gasteiger partial charge in [-0.05, 0) is 5.92 Å². The van der Waals surface area contributed by atoms with Crippen LogP contribution in [0.15, 0.2) is 0 Å². The van der Waals surface area contributed by atoms with Gasteiger partial charge in [-0.3, -0.25) is 4.79 Å². The first kappa shape index (κ1) is 18.8.